The van der Waals surface area contributed by atoms with Crippen LogP contribution in [-0.4, -0.2) is 36.9 Å². The molecule has 1 aliphatic rings. The van der Waals surface area contributed by atoms with E-state index in [1.54, 1.807) is 6.92 Å². The van der Waals surface area contributed by atoms with E-state index >= 15 is 0 Å². The molecule has 1 aliphatic heterocycles. The predicted molar refractivity (Wildman–Crippen MR) is 67.5 cm³/mol. The van der Waals surface area contributed by atoms with Crippen LogP contribution in [0.25, 0.3) is 0 Å². The molecule has 5 heteroatoms. The maximum Gasteiger partial charge on any atom is 0.335 e. The third kappa shape index (κ3) is 3.18. The first-order chi connectivity index (χ1) is 8.51. The summed E-state index contributed by atoms with van der Waals surface area (Å²) in [7, 11) is 0. The van der Waals surface area contributed by atoms with Gasteiger partial charge in [0, 0.05) is 6.92 Å². The van der Waals surface area contributed by atoms with Crippen molar-refractivity contribution in [2.45, 2.75) is 40.2 Å². The van der Waals surface area contributed by atoms with Crippen LogP contribution in [0.1, 0.15) is 34.1 Å². The van der Waals surface area contributed by atoms with Crippen molar-refractivity contribution in [1.82, 2.24) is 0 Å². The van der Waals surface area contributed by atoms with Crippen LogP contribution in [0, 0.1) is 0 Å². The fraction of sp³-hybridized carbons (Fsp3) is 0.615. The van der Waals surface area contributed by atoms with Crippen LogP contribution < -0.4 is 0 Å². The molecule has 0 aromatic rings. The quantitative estimate of drug-likeness (QED) is 0.699. The molecule has 0 saturated heterocycles. The summed E-state index contributed by atoms with van der Waals surface area (Å²) < 4.78 is 9.91. The molecule has 0 radical (unpaired) electrons. The molecule has 1 atom stereocenters. The number of aliphatic imine (C=N–C) groups is 1. The number of ether oxygens (including phenoxy) is 2. The first kappa shape index (κ1) is 14.4. The average molecular weight is 253 g/mol. The van der Waals surface area contributed by atoms with E-state index in [2.05, 4.69) is 4.99 Å². The first-order valence-corrected chi connectivity index (χ1v) is 6.07. The molecule has 0 N–H and O–H groups in total. The van der Waals surface area contributed by atoms with Gasteiger partial charge >= 0.3 is 11.9 Å². The predicted octanol–water partition coefficient (Wildman–Crippen LogP) is 1.66. The van der Waals surface area contributed by atoms with E-state index in [0.29, 0.717) is 12.3 Å². The monoisotopic (exact) mass is 253 g/mol. The molecular weight excluding hydrogens is 234 g/mol. The maximum atomic E-state index is 11.7. The second-order valence-corrected chi connectivity index (χ2v) is 4.03. The van der Waals surface area contributed by atoms with Gasteiger partial charge in [-0.2, -0.15) is 0 Å². The van der Waals surface area contributed by atoms with Gasteiger partial charge in [-0.05, 0) is 31.4 Å². The largest absolute Gasteiger partial charge is 0.464 e. The molecule has 0 spiro atoms. The molecule has 0 saturated carbocycles. The maximum absolute atomic E-state index is 11.7. The molecule has 1 rings (SSSR count). The fourth-order valence-corrected chi connectivity index (χ4v) is 1.95. The first-order valence-electron chi connectivity index (χ1n) is 6.07. The SMILES string of the molecule is CCOC(=O)[C@@H]1N=C(COC(C)=O)C(CC)=C1C. The van der Waals surface area contributed by atoms with Crippen molar-refractivity contribution in [2.24, 2.45) is 4.99 Å². The van der Waals surface area contributed by atoms with Crippen LogP contribution >= 0.6 is 0 Å². The Kier molecular flexibility index (Phi) is 5.07. The molecule has 5 nitrogen and oxygen atoms in total. The molecule has 0 unspecified atom stereocenters. The summed E-state index contributed by atoms with van der Waals surface area (Å²) in [6.07, 6.45) is 0.752. The zero-order chi connectivity index (χ0) is 13.7. The van der Waals surface area contributed by atoms with E-state index in [9.17, 15) is 9.59 Å². The van der Waals surface area contributed by atoms with Crippen LogP contribution in [0.2, 0.25) is 0 Å². The Morgan fingerprint density at radius 2 is 1.94 bits per heavy atom. The standard InChI is InChI=1S/C13H19NO4/c1-5-10-8(3)12(13(16)17-6-2)14-11(10)7-18-9(4)15/h12H,5-7H2,1-4H3/t12-/m1/s1. The van der Waals surface area contributed by atoms with Gasteiger partial charge in [0.25, 0.3) is 0 Å². The third-order valence-corrected chi connectivity index (χ3v) is 2.80. The summed E-state index contributed by atoms with van der Waals surface area (Å²) in [5.41, 5.74) is 2.54. The number of hydrogen-bond acceptors (Lipinski definition) is 5. The van der Waals surface area contributed by atoms with Gasteiger partial charge in [0.2, 0.25) is 0 Å². The molecular formula is C13H19NO4. The minimum absolute atomic E-state index is 0.117. The van der Waals surface area contributed by atoms with Gasteiger partial charge in [0.1, 0.15) is 6.61 Å². The summed E-state index contributed by atoms with van der Waals surface area (Å²) in [5, 5.41) is 0. The molecule has 0 amide bonds. The molecule has 1 heterocycles. The molecule has 18 heavy (non-hydrogen) atoms. The Morgan fingerprint density at radius 3 is 2.44 bits per heavy atom. The van der Waals surface area contributed by atoms with E-state index < -0.39 is 6.04 Å². The van der Waals surface area contributed by atoms with E-state index in [1.165, 1.54) is 6.92 Å². The highest BCUT2D eigenvalue weighted by atomic mass is 16.5. The van der Waals surface area contributed by atoms with Crippen LogP contribution in [0.3, 0.4) is 0 Å². The van der Waals surface area contributed by atoms with Gasteiger partial charge in [0.15, 0.2) is 6.04 Å². The van der Waals surface area contributed by atoms with Crippen molar-refractivity contribution in [3.63, 3.8) is 0 Å². The normalized spacial score (nSPS) is 18.7. The van der Waals surface area contributed by atoms with Gasteiger partial charge in [-0.1, -0.05) is 6.92 Å². The lowest BCUT2D eigenvalue weighted by Gasteiger charge is -2.08. The Bertz CT molecular complexity index is 409. The van der Waals surface area contributed by atoms with Gasteiger partial charge in [0.05, 0.1) is 12.3 Å². The number of hydrogen-bond donors (Lipinski definition) is 0. The van der Waals surface area contributed by atoms with Crippen LogP contribution in [0.4, 0.5) is 0 Å². The van der Waals surface area contributed by atoms with Gasteiger partial charge in [-0.15, -0.1) is 0 Å². The third-order valence-electron chi connectivity index (χ3n) is 2.80. The molecule has 0 aromatic carbocycles. The Labute approximate surface area is 107 Å². The number of esters is 2. The van der Waals surface area contributed by atoms with Crippen molar-refractivity contribution in [3.05, 3.63) is 11.1 Å². The van der Waals surface area contributed by atoms with Crippen molar-refractivity contribution >= 4 is 17.7 Å². The van der Waals surface area contributed by atoms with Crippen LogP contribution in [-0.2, 0) is 19.1 Å². The summed E-state index contributed by atoms with van der Waals surface area (Å²) in [6.45, 7) is 7.40. The van der Waals surface area contributed by atoms with E-state index in [4.69, 9.17) is 9.47 Å². The number of rotatable bonds is 5. The van der Waals surface area contributed by atoms with Gasteiger partial charge < -0.3 is 9.47 Å². The highest BCUT2D eigenvalue weighted by molar-refractivity contribution is 6.07. The smallest absolute Gasteiger partial charge is 0.335 e. The Balaban J connectivity index is 2.86. The molecule has 0 bridgehead atoms. The highest BCUT2D eigenvalue weighted by Crippen LogP contribution is 2.25. The van der Waals surface area contributed by atoms with Crippen LogP contribution in [0.15, 0.2) is 16.1 Å². The lowest BCUT2D eigenvalue weighted by atomic mass is 10.0. The van der Waals surface area contributed by atoms with Gasteiger partial charge in [-0.3, -0.25) is 9.79 Å². The average Bonchev–Trinajstić information content (AvgIpc) is 2.63. The molecule has 0 aromatic heterocycles. The van der Waals surface area contributed by atoms with E-state index in [0.717, 1.165) is 17.6 Å². The van der Waals surface area contributed by atoms with Crippen molar-refractivity contribution < 1.29 is 19.1 Å². The Morgan fingerprint density at radius 1 is 1.28 bits per heavy atom. The second-order valence-electron chi connectivity index (χ2n) is 4.03. The summed E-state index contributed by atoms with van der Waals surface area (Å²) in [5.74, 6) is -0.704. The number of carbonyl (C=O) groups excluding carboxylic acids is 2. The number of carbonyl (C=O) groups is 2. The zero-order valence-electron chi connectivity index (χ0n) is 11.3. The minimum Gasteiger partial charge on any atom is -0.464 e. The van der Waals surface area contributed by atoms with Crippen LogP contribution in [0.5, 0.6) is 0 Å². The second kappa shape index (κ2) is 6.33. The molecule has 100 valence electrons. The summed E-state index contributed by atoms with van der Waals surface area (Å²) in [6, 6.07) is -0.578. The number of nitrogens with zero attached hydrogens (tertiary/aromatic N) is 1. The van der Waals surface area contributed by atoms with Crippen molar-refractivity contribution in [1.29, 1.82) is 0 Å². The minimum atomic E-state index is -0.578. The summed E-state index contributed by atoms with van der Waals surface area (Å²) >= 11 is 0. The van der Waals surface area contributed by atoms with Gasteiger partial charge in [-0.25, -0.2) is 4.79 Å². The van der Waals surface area contributed by atoms with E-state index in [1.807, 2.05) is 13.8 Å². The fourth-order valence-electron chi connectivity index (χ4n) is 1.95. The van der Waals surface area contributed by atoms with E-state index in [-0.39, 0.29) is 18.5 Å². The van der Waals surface area contributed by atoms with Crippen molar-refractivity contribution in [2.75, 3.05) is 13.2 Å². The zero-order valence-corrected chi connectivity index (χ0v) is 11.3. The topological polar surface area (TPSA) is 65.0 Å². The summed E-state index contributed by atoms with van der Waals surface area (Å²) in [4.78, 5) is 26.8. The molecule has 0 aliphatic carbocycles. The lowest BCUT2D eigenvalue weighted by molar-refractivity contribution is -0.143. The Hall–Kier alpha value is -1.65. The highest BCUT2D eigenvalue weighted by Gasteiger charge is 2.30. The van der Waals surface area contributed by atoms with Crippen molar-refractivity contribution in [3.8, 4) is 0 Å². The molecule has 0 fully saturated rings. The lowest BCUT2D eigenvalue weighted by Crippen LogP contribution is -2.21.